The van der Waals surface area contributed by atoms with Crippen molar-refractivity contribution in [3.63, 3.8) is 0 Å². The van der Waals surface area contributed by atoms with Crippen LogP contribution in [0.4, 0.5) is 0 Å². The van der Waals surface area contributed by atoms with Gasteiger partial charge in [0.15, 0.2) is 11.3 Å². The standard InChI is InChI=1S/C23H17Cl2N5O/c24-13-9-14(25)11-16(10-13)30-21-19(23(31)29(12-26-21)15-5-1-2-6-15)20-22(30)28-18-8-4-3-7-17(18)27-20/h3-4,7-12,15H,1-2,5-6H2. The highest BCUT2D eigenvalue weighted by Crippen LogP contribution is 2.32. The molecule has 0 aliphatic heterocycles. The Morgan fingerprint density at radius 2 is 1.58 bits per heavy atom. The van der Waals surface area contributed by atoms with E-state index in [1.807, 2.05) is 28.8 Å². The third-order valence-electron chi connectivity index (χ3n) is 6.01. The highest BCUT2D eigenvalue weighted by atomic mass is 35.5. The van der Waals surface area contributed by atoms with E-state index in [0.29, 0.717) is 37.9 Å². The molecular weight excluding hydrogens is 433 g/mol. The van der Waals surface area contributed by atoms with Gasteiger partial charge in [0.05, 0.1) is 16.7 Å². The lowest BCUT2D eigenvalue weighted by Gasteiger charge is -2.13. The Labute approximate surface area is 187 Å². The molecule has 1 aliphatic carbocycles. The molecule has 0 spiro atoms. The van der Waals surface area contributed by atoms with Gasteiger partial charge in [0, 0.05) is 16.1 Å². The number of hydrogen-bond donors (Lipinski definition) is 0. The normalized spacial score (nSPS) is 14.9. The summed E-state index contributed by atoms with van der Waals surface area (Å²) in [6.07, 6.45) is 5.89. The zero-order chi connectivity index (χ0) is 21.1. The Morgan fingerprint density at radius 1 is 0.903 bits per heavy atom. The highest BCUT2D eigenvalue weighted by molar-refractivity contribution is 6.35. The third-order valence-corrected chi connectivity index (χ3v) is 6.45. The summed E-state index contributed by atoms with van der Waals surface area (Å²) in [7, 11) is 0. The van der Waals surface area contributed by atoms with Gasteiger partial charge in [0.25, 0.3) is 5.56 Å². The fourth-order valence-corrected chi connectivity index (χ4v) is 5.12. The van der Waals surface area contributed by atoms with E-state index >= 15 is 0 Å². The number of fused-ring (bicyclic) bond motifs is 4. The smallest absolute Gasteiger partial charge is 0.265 e. The molecule has 6 rings (SSSR count). The van der Waals surface area contributed by atoms with Crippen LogP contribution in [-0.2, 0) is 0 Å². The Balaban J connectivity index is 1.78. The summed E-state index contributed by atoms with van der Waals surface area (Å²) in [6.45, 7) is 0. The monoisotopic (exact) mass is 449 g/mol. The first-order chi connectivity index (χ1) is 15.1. The van der Waals surface area contributed by atoms with Gasteiger partial charge < -0.3 is 0 Å². The summed E-state index contributed by atoms with van der Waals surface area (Å²) >= 11 is 12.6. The molecule has 1 fully saturated rings. The molecule has 0 bridgehead atoms. The molecule has 2 aromatic carbocycles. The number of rotatable bonds is 2. The van der Waals surface area contributed by atoms with Gasteiger partial charge in [-0.05, 0) is 43.2 Å². The second-order valence-electron chi connectivity index (χ2n) is 7.94. The Bertz CT molecular complexity index is 1530. The van der Waals surface area contributed by atoms with Crippen LogP contribution in [0.3, 0.4) is 0 Å². The van der Waals surface area contributed by atoms with Gasteiger partial charge in [-0.3, -0.25) is 13.9 Å². The van der Waals surface area contributed by atoms with E-state index in [0.717, 1.165) is 36.7 Å². The summed E-state index contributed by atoms with van der Waals surface area (Å²) in [4.78, 5) is 28.0. The maximum Gasteiger partial charge on any atom is 0.265 e. The molecule has 0 saturated heterocycles. The van der Waals surface area contributed by atoms with Crippen molar-refractivity contribution >= 4 is 56.4 Å². The lowest BCUT2D eigenvalue weighted by Crippen LogP contribution is -2.23. The van der Waals surface area contributed by atoms with Crippen LogP contribution in [0.25, 0.3) is 38.9 Å². The maximum atomic E-state index is 13.6. The second-order valence-corrected chi connectivity index (χ2v) is 8.81. The quantitative estimate of drug-likeness (QED) is 0.346. The predicted octanol–water partition coefficient (Wildman–Crippen LogP) is 5.71. The van der Waals surface area contributed by atoms with E-state index in [2.05, 4.69) is 0 Å². The van der Waals surface area contributed by atoms with E-state index < -0.39 is 0 Å². The summed E-state index contributed by atoms with van der Waals surface area (Å²) in [5.41, 5.74) is 3.67. The summed E-state index contributed by atoms with van der Waals surface area (Å²) in [6, 6.07) is 13.0. The van der Waals surface area contributed by atoms with Crippen LogP contribution in [0.1, 0.15) is 31.7 Å². The summed E-state index contributed by atoms with van der Waals surface area (Å²) < 4.78 is 3.59. The van der Waals surface area contributed by atoms with Crippen molar-refractivity contribution in [2.24, 2.45) is 0 Å². The molecule has 0 unspecified atom stereocenters. The van der Waals surface area contributed by atoms with E-state index in [9.17, 15) is 4.79 Å². The Hall–Kier alpha value is -2.96. The van der Waals surface area contributed by atoms with Gasteiger partial charge in [-0.1, -0.05) is 48.2 Å². The number of halogens is 2. The van der Waals surface area contributed by atoms with Crippen LogP contribution < -0.4 is 5.56 Å². The third kappa shape index (κ3) is 2.93. The van der Waals surface area contributed by atoms with Crippen LogP contribution in [0.2, 0.25) is 10.0 Å². The first-order valence-electron chi connectivity index (χ1n) is 10.2. The van der Waals surface area contributed by atoms with Gasteiger partial charge >= 0.3 is 0 Å². The zero-order valence-corrected chi connectivity index (χ0v) is 17.9. The minimum atomic E-state index is -0.0849. The first-order valence-corrected chi connectivity index (χ1v) is 11.0. The second kappa shape index (κ2) is 7.04. The lowest BCUT2D eigenvalue weighted by molar-refractivity contribution is 0.499. The Kier molecular flexibility index (Phi) is 4.26. The molecule has 0 atom stereocenters. The van der Waals surface area contributed by atoms with Crippen molar-refractivity contribution in [1.82, 2.24) is 24.1 Å². The van der Waals surface area contributed by atoms with Crippen molar-refractivity contribution < 1.29 is 0 Å². The fraction of sp³-hybridized carbons (Fsp3) is 0.217. The fourth-order valence-electron chi connectivity index (χ4n) is 4.61. The van der Waals surface area contributed by atoms with Gasteiger partial charge in [-0.25, -0.2) is 15.0 Å². The molecule has 0 amide bonds. The van der Waals surface area contributed by atoms with Crippen LogP contribution in [0, 0.1) is 0 Å². The highest BCUT2D eigenvalue weighted by Gasteiger charge is 2.24. The van der Waals surface area contributed by atoms with E-state index in [4.69, 9.17) is 38.2 Å². The minimum Gasteiger partial charge on any atom is -0.295 e. The average molecular weight is 450 g/mol. The van der Waals surface area contributed by atoms with Gasteiger partial charge in [-0.15, -0.1) is 0 Å². The van der Waals surface area contributed by atoms with E-state index in [-0.39, 0.29) is 11.6 Å². The van der Waals surface area contributed by atoms with Crippen molar-refractivity contribution in [3.8, 4) is 5.69 Å². The molecule has 5 aromatic rings. The van der Waals surface area contributed by atoms with Crippen LogP contribution in [0.5, 0.6) is 0 Å². The van der Waals surface area contributed by atoms with Crippen molar-refractivity contribution in [1.29, 1.82) is 0 Å². The molecule has 1 aliphatic rings. The predicted molar refractivity (Wildman–Crippen MR) is 123 cm³/mol. The molecule has 8 heteroatoms. The van der Waals surface area contributed by atoms with E-state index in [1.165, 1.54) is 0 Å². The number of hydrogen-bond acceptors (Lipinski definition) is 4. The maximum absolute atomic E-state index is 13.6. The van der Waals surface area contributed by atoms with Crippen molar-refractivity contribution in [3.05, 3.63) is 69.2 Å². The molecule has 0 N–H and O–H groups in total. The lowest BCUT2D eigenvalue weighted by atomic mass is 10.2. The molecule has 31 heavy (non-hydrogen) atoms. The van der Waals surface area contributed by atoms with Crippen LogP contribution in [-0.4, -0.2) is 24.1 Å². The van der Waals surface area contributed by atoms with E-state index in [1.54, 1.807) is 29.1 Å². The molecule has 6 nitrogen and oxygen atoms in total. The zero-order valence-electron chi connectivity index (χ0n) is 16.4. The van der Waals surface area contributed by atoms with Crippen molar-refractivity contribution in [2.75, 3.05) is 0 Å². The molecule has 1 saturated carbocycles. The van der Waals surface area contributed by atoms with Crippen LogP contribution >= 0.6 is 23.2 Å². The van der Waals surface area contributed by atoms with Gasteiger partial charge in [0.2, 0.25) is 0 Å². The molecule has 0 radical (unpaired) electrons. The number of benzene rings is 2. The minimum absolute atomic E-state index is 0.0849. The average Bonchev–Trinajstić information content (AvgIpc) is 3.38. The van der Waals surface area contributed by atoms with Gasteiger partial charge in [0.1, 0.15) is 17.2 Å². The summed E-state index contributed by atoms with van der Waals surface area (Å²) in [5.74, 6) is 0. The van der Waals surface area contributed by atoms with Crippen molar-refractivity contribution in [2.45, 2.75) is 31.7 Å². The van der Waals surface area contributed by atoms with Gasteiger partial charge in [-0.2, -0.15) is 0 Å². The topological polar surface area (TPSA) is 65.6 Å². The largest absolute Gasteiger partial charge is 0.295 e. The SMILES string of the molecule is O=c1c2c3nc4ccccc4nc3n(-c3cc(Cl)cc(Cl)c3)c2ncn1C1CCCC1. The summed E-state index contributed by atoms with van der Waals surface area (Å²) in [5, 5.41) is 1.45. The Morgan fingerprint density at radius 3 is 2.29 bits per heavy atom. The first kappa shape index (κ1) is 18.8. The molecule has 154 valence electrons. The number of aromatic nitrogens is 5. The van der Waals surface area contributed by atoms with Crippen LogP contribution in [0.15, 0.2) is 53.6 Å². The number of para-hydroxylation sites is 2. The molecule has 3 heterocycles. The molecular formula is C23H17Cl2N5O. The molecule has 3 aromatic heterocycles. The number of nitrogens with zero attached hydrogens (tertiary/aromatic N) is 5.